The summed E-state index contributed by atoms with van der Waals surface area (Å²) in [6.07, 6.45) is 4.71. The number of hydrogen-bond acceptors (Lipinski definition) is 3. The van der Waals surface area contributed by atoms with E-state index in [1.807, 2.05) is 24.0 Å². The van der Waals surface area contributed by atoms with Crippen LogP contribution in [0.5, 0.6) is 0 Å². The number of aryl methyl sites for hydroxylation is 1. The molecule has 0 aromatic carbocycles. The van der Waals surface area contributed by atoms with Gasteiger partial charge in [-0.2, -0.15) is 0 Å². The fourth-order valence-electron chi connectivity index (χ4n) is 1.46. The molecular formula is C10H19N3O. The first-order valence-electron chi connectivity index (χ1n) is 5.07. The maximum Gasteiger partial charge on any atom is 0.109 e. The van der Waals surface area contributed by atoms with Crippen LogP contribution in [0.4, 0.5) is 0 Å². The highest BCUT2D eigenvalue weighted by molar-refractivity contribution is 4.91. The first kappa shape index (κ1) is 11.2. The molecule has 0 spiro atoms. The van der Waals surface area contributed by atoms with Gasteiger partial charge in [0.2, 0.25) is 0 Å². The van der Waals surface area contributed by atoms with Gasteiger partial charge in [-0.25, -0.2) is 4.98 Å². The van der Waals surface area contributed by atoms with Crippen LogP contribution >= 0.6 is 0 Å². The number of aromatic nitrogens is 2. The second kappa shape index (κ2) is 5.78. The van der Waals surface area contributed by atoms with E-state index in [9.17, 15) is 0 Å². The molecule has 0 bridgehead atoms. The van der Waals surface area contributed by atoms with Gasteiger partial charge in [0, 0.05) is 39.0 Å². The van der Waals surface area contributed by atoms with Crippen LogP contribution in [0.1, 0.15) is 12.7 Å². The Bertz CT molecular complexity index is 260. The summed E-state index contributed by atoms with van der Waals surface area (Å²) in [7, 11) is 2.00. The number of imidazole rings is 1. The zero-order valence-corrected chi connectivity index (χ0v) is 8.98. The second-order valence-corrected chi connectivity index (χ2v) is 3.36. The Morgan fingerprint density at radius 1 is 1.50 bits per heavy atom. The lowest BCUT2D eigenvalue weighted by atomic mass is 10.3. The van der Waals surface area contributed by atoms with Crippen molar-refractivity contribution in [3.63, 3.8) is 0 Å². The molecule has 0 saturated heterocycles. The number of likely N-dealkylation sites (N-methyl/N-ethyl adjacent to an activating group) is 1. The van der Waals surface area contributed by atoms with Crippen LogP contribution in [0.3, 0.4) is 0 Å². The Labute approximate surface area is 85.2 Å². The zero-order chi connectivity index (χ0) is 10.4. The van der Waals surface area contributed by atoms with Crippen molar-refractivity contribution < 1.29 is 5.11 Å². The van der Waals surface area contributed by atoms with Crippen molar-refractivity contribution in [2.45, 2.75) is 13.3 Å². The predicted octanol–water partition coefficient (Wildman–Crippen LogP) is 0.277. The van der Waals surface area contributed by atoms with Gasteiger partial charge in [-0.05, 0) is 6.54 Å². The van der Waals surface area contributed by atoms with Crippen molar-refractivity contribution in [1.82, 2.24) is 14.5 Å². The fraction of sp³-hybridized carbons (Fsp3) is 0.700. The minimum atomic E-state index is 0.231. The Morgan fingerprint density at radius 2 is 2.29 bits per heavy atom. The molecule has 0 radical (unpaired) electrons. The third kappa shape index (κ3) is 3.12. The molecule has 1 aromatic heterocycles. The highest BCUT2D eigenvalue weighted by Crippen LogP contribution is 1.97. The topological polar surface area (TPSA) is 41.3 Å². The van der Waals surface area contributed by atoms with Crippen molar-refractivity contribution in [2.24, 2.45) is 7.05 Å². The van der Waals surface area contributed by atoms with Crippen LogP contribution in [0.25, 0.3) is 0 Å². The third-order valence-electron chi connectivity index (χ3n) is 2.44. The highest BCUT2D eigenvalue weighted by atomic mass is 16.3. The molecule has 0 unspecified atom stereocenters. The molecule has 0 saturated carbocycles. The summed E-state index contributed by atoms with van der Waals surface area (Å²) < 4.78 is 2.03. The van der Waals surface area contributed by atoms with E-state index in [1.165, 1.54) is 0 Å². The van der Waals surface area contributed by atoms with Crippen LogP contribution in [-0.4, -0.2) is 45.8 Å². The van der Waals surface area contributed by atoms with Gasteiger partial charge in [-0.3, -0.25) is 0 Å². The number of hydrogen-bond donors (Lipinski definition) is 1. The lowest BCUT2D eigenvalue weighted by Crippen LogP contribution is -2.29. The van der Waals surface area contributed by atoms with Crippen molar-refractivity contribution >= 4 is 0 Å². The van der Waals surface area contributed by atoms with Crippen molar-refractivity contribution in [3.05, 3.63) is 18.2 Å². The number of aliphatic hydroxyl groups is 1. The summed E-state index contributed by atoms with van der Waals surface area (Å²) in [6.45, 7) is 5.02. The van der Waals surface area contributed by atoms with Crippen LogP contribution < -0.4 is 0 Å². The monoisotopic (exact) mass is 197 g/mol. The average Bonchev–Trinajstić information content (AvgIpc) is 2.59. The van der Waals surface area contributed by atoms with E-state index < -0.39 is 0 Å². The summed E-state index contributed by atoms with van der Waals surface area (Å²) in [6, 6.07) is 0. The van der Waals surface area contributed by atoms with E-state index in [4.69, 9.17) is 5.11 Å². The molecule has 1 N–H and O–H groups in total. The molecule has 4 nitrogen and oxygen atoms in total. The van der Waals surface area contributed by atoms with Gasteiger partial charge in [0.15, 0.2) is 0 Å². The Kier molecular flexibility index (Phi) is 4.62. The van der Waals surface area contributed by atoms with Crippen molar-refractivity contribution in [2.75, 3.05) is 26.2 Å². The summed E-state index contributed by atoms with van der Waals surface area (Å²) >= 11 is 0. The molecule has 0 aliphatic heterocycles. The quantitative estimate of drug-likeness (QED) is 0.712. The van der Waals surface area contributed by atoms with Gasteiger partial charge in [0.25, 0.3) is 0 Å². The van der Waals surface area contributed by atoms with Crippen molar-refractivity contribution in [3.8, 4) is 0 Å². The van der Waals surface area contributed by atoms with E-state index in [1.54, 1.807) is 0 Å². The van der Waals surface area contributed by atoms with Gasteiger partial charge in [-0.15, -0.1) is 0 Å². The SMILES string of the molecule is CCN(CCO)CCc1nccn1C. The van der Waals surface area contributed by atoms with E-state index in [0.29, 0.717) is 0 Å². The summed E-state index contributed by atoms with van der Waals surface area (Å²) in [5.74, 6) is 1.10. The highest BCUT2D eigenvalue weighted by Gasteiger charge is 2.04. The predicted molar refractivity (Wildman–Crippen MR) is 56.1 cm³/mol. The summed E-state index contributed by atoms with van der Waals surface area (Å²) in [5.41, 5.74) is 0. The van der Waals surface area contributed by atoms with E-state index in [-0.39, 0.29) is 6.61 Å². The molecular weight excluding hydrogens is 178 g/mol. The Hall–Kier alpha value is -0.870. The molecule has 0 aliphatic carbocycles. The standard InChI is InChI=1S/C10H19N3O/c1-3-13(8-9-14)6-4-10-11-5-7-12(10)2/h5,7,14H,3-4,6,8-9H2,1-2H3. The number of nitrogens with zero attached hydrogens (tertiary/aromatic N) is 3. The molecule has 1 aromatic rings. The third-order valence-corrected chi connectivity index (χ3v) is 2.44. The smallest absolute Gasteiger partial charge is 0.109 e. The normalized spacial score (nSPS) is 11.1. The van der Waals surface area contributed by atoms with Gasteiger partial charge >= 0.3 is 0 Å². The Morgan fingerprint density at radius 3 is 2.79 bits per heavy atom. The number of aliphatic hydroxyl groups excluding tert-OH is 1. The van der Waals surface area contributed by atoms with Crippen LogP contribution in [0, 0.1) is 0 Å². The largest absolute Gasteiger partial charge is 0.395 e. The van der Waals surface area contributed by atoms with Gasteiger partial charge in [0.05, 0.1) is 6.61 Å². The fourth-order valence-corrected chi connectivity index (χ4v) is 1.46. The molecule has 0 fully saturated rings. The minimum Gasteiger partial charge on any atom is -0.395 e. The first-order valence-corrected chi connectivity index (χ1v) is 5.07. The van der Waals surface area contributed by atoms with Gasteiger partial charge < -0.3 is 14.6 Å². The van der Waals surface area contributed by atoms with Gasteiger partial charge in [-0.1, -0.05) is 6.92 Å². The van der Waals surface area contributed by atoms with E-state index in [2.05, 4.69) is 16.8 Å². The maximum atomic E-state index is 8.82. The molecule has 14 heavy (non-hydrogen) atoms. The number of rotatable bonds is 6. The van der Waals surface area contributed by atoms with E-state index in [0.717, 1.165) is 31.9 Å². The molecule has 4 heteroatoms. The minimum absolute atomic E-state index is 0.231. The van der Waals surface area contributed by atoms with Gasteiger partial charge in [0.1, 0.15) is 5.82 Å². The summed E-state index contributed by atoms with van der Waals surface area (Å²) in [4.78, 5) is 6.47. The molecule has 0 amide bonds. The van der Waals surface area contributed by atoms with Crippen LogP contribution in [0.15, 0.2) is 12.4 Å². The molecule has 0 aliphatic rings. The Balaban J connectivity index is 2.35. The molecule has 1 rings (SSSR count). The maximum absolute atomic E-state index is 8.82. The first-order chi connectivity index (χ1) is 6.77. The molecule has 0 atom stereocenters. The van der Waals surface area contributed by atoms with E-state index >= 15 is 0 Å². The zero-order valence-electron chi connectivity index (χ0n) is 8.98. The molecule has 80 valence electrons. The van der Waals surface area contributed by atoms with Crippen molar-refractivity contribution in [1.29, 1.82) is 0 Å². The van der Waals surface area contributed by atoms with Crippen LogP contribution in [-0.2, 0) is 13.5 Å². The van der Waals surface area contributed by atoms with Crippen LogP contribution in [0.2, 0.25) is 0 Å². The average molecular weight is 197 g/mol. The summed E-state index contributed by atoms with van der Waals surface area (Å²) in [5, 5.41) is 8.82. The lowest BCUT2D eigenvalue weighted by Gasteiger charge is -2.18. The molecule has 1 heterocycles. The second-order valence-electron chi connectivity index (χ2n) is 3.36. The lowest BCUT2D eigenvalue weighted by molar-refractivity contribution is 0.202.